The van der Waals surface area contributed by atoms with Crippen LogP contribution in [0.4, 0.5) is 5.69 Å². The number of nitrogens with zero attached hydrogens (tertiary/aromatic N) is 1. The number of nitrogens with one attached hydrogen (secondary N) is 1. The van der Waals surface area contributed by atoms with E-state index in [2.05, 4.69) is 23.3 Å². The second-order valence-corrected chi connectivity index (χ2v) is 6.61. The zero-order valence-electron chi connectivity index (χ0n) is 12.8. The number of amides is 1. The highest BCUT2D eigenvalue weighted by atomic mass is 16.5. The Kier molecular flexibility index (Phi) is 3.42. The fourth-order valence-electron chi connectivity index (χ4n) is 3.20. The summed E-state index contributed by atoms with van der Waals surface area (Å²) >= 11 is 0. The smallest absolute Gasteiger partial charge is 0.268 e. The van der Waals surface area contributed by atoms with Crippen LogP contribution in [0.3, 0.4) is 0 Å². The Balaban J connectivity index is 1.87. The molecule has 1 saturated heterocycles. The molecule has 1 aromatic rings. The van der Waals surface area contributed by atoms with E-state index in [-0.39, 0.29) is 5.91 Å². The predicted octanol–water partition coefficient (Wildman–Crippen LogP) is 1.75. The topological polar surface area (TPSA) is 67.6 Å². The van der Waals surface area contributed by atoms with Crippen LogP contribution in [0.15, 0.2) is 18.2 Å². The summed E-state index contributed by atoms with van der Waals surface area (Å²) in [4.78, 5) is 14.3. The minimum absolute atomic E-state index is 0.105. The van der Waals surface area contributed by atoms with Gasteiger partial charge >= 0.3 is 0 Å². The first-order valence-corrected chi connectivity index (χ1v) is 7.45. The maximum absolute atomic E-state index is 12.0. The Bertz CT molecular complexity index is 571. The molecule has 2 aliphatic heterocycles. The highest BCUT2D eigenvalue weighted by molar-refractivity contribution is 6.00. The van der Waals surface area contributed by atoms with Crippen LogP contribution in [0.1, 0.15) is 31.9 Å². The van der Waals surface area contributed by atoms with Crippen LogP contribution in [-0.2, 0) is 4.79 Å². The van der Waals surface area contributed by atoms with Crippen molar-refractivity contribution in [3.63, 3.8) is 0 Å². The van der Waals surface area contributed by atoms with Gasteiger partial charge in [-0.3, -0.25) is 9.69 Å². The van der Waals surface area contributed by atoms with Crippen LogP contribution in [0.25, 0.3) is 0 Å². The first-order valence-electron chi connectivity index (χ1n) is 7.45. The second-order valence-electron chi connectivity index (χ2n) is 6.61. The molecule has 2 unspecified atom stereocenters. The molecule has 2 aliphatic rings. The summed E-state index contributed by atoms with van der Waals surface area (Å²) in [6.45, 7) is 5.29. The minimum Gasteiger partial charge on any atom is -0.476 e. The van der Waals surface area contributed by atoms with E-state index in [1.165, 1.54) is 5.56 Å². The van der Waals surface area contributed by atoms with Crippen molar-refractivity contribution in [2.24, 2.45) is 11.7 Å². The van der Waals surface area contributed by atoms with Gasteiger partial charge in [0, 0.05) is 12.6 Å². The molecule has 2 heterocycles. The fourth-order valence-corrected chi connectivity index (χ4v) is 3.20. The van der Waals surface area contributed by atoms with Crippen LogP contribution in [-0.4, -0.2) is 36.5 Å². The number of likely N-dealkylation sites (tertiary alicyclic amines) is 1. The number of fused-ring (bicyclic) bond motifs is 1. The monoisotopic (exact) mass is 289 g/mol. The van der Waals surface area contributed by atoms with Gasteiger partial charge in [-0.25, -0.2) is 0 Å². The molecule has 0 radical (unpaired) electrons. The maximum Gasteiger partial charge on any atom is 0.268 e. The van der Waals surface area contributed by atoms with E-state index in [0.29, 0.717) is 12.0 Å². The van der Waals surface area contributed by atoms with E-state index in [1.807, 2.05) is 12.1 Å². The molecule has 0 bridgehead atoms. The van der Waals surface area contributed by atoms with Gasteiger partial charge in [-0.05, 0) is 57.5 Å². The first-order chi connectivity index (χ1) is 9.90. The summed E-state index contributed by atoms with van der Waals surface area (Å²) in [6.07, 6.45) is 1.06. The summed E-state index contributed by atoms with van der Waals surface area (Å²) in [5, 5.41) is 2.95. The molecular formula is C16H23N3O2. The summed E-state index contributed by atoms with van der Waals surface area (Å²) in [6, 6.07) is 6.43. The maximum atomic E-state index is 12.0. The lowest BCUT2D eigenvalue weighted by molar-refractivity contribution is -0.129. The van der Waals surface area contributed by atoms with Crippen molar-refractivity contribution >= 4 is 11.6 Å². The molecule has 5 nitrogen and oxygen atoms in total. The van der Waals surface area contributed by atoms with E-state index >= 15 is 0 Å². The van der Waals surface area contributed by atoms with Crippen molar-refractivity contribution in [1.82, 2.24) is 4.90 Å². The summed E-state index contributed by atoms with van der Waals surface area (Å²) in [5.74, 6) is 1.17. The van der Waals surface area contributed by atoms with Gasteiger partial charge in [-0.2, -0.15) is 0 Å². The van der Waals surface area contributed by atoms with E-state index < -0.39 is 5.60 Å². The van der Waals surface area contributed by atoms with Gasteiger partial charge in [-0.1, -0.05) is 6.07 Å². The SMILES string of the molecule is CN1CC(CN)CC1c1ccc2c(c1)NC(=O)C(C)(C)O2. The molecule has 0 saturated carbocycles. The van der Waals surface area contributed by atoms with Crippen LogP contribution in [0, 0.1) is 5.92 Å². The zero-order valence-corrected chi connectivity index (χ0v) is 12.8. The van der Waals surface area contributed by atoms with Crippen molar-refractivity contribution < 1.29 is 9.53 Å². The van der Waals surface area contributed by atoms with Crippen LogP contribution in [0.5, 0.6) is 5.75 Å². The molecule has 1 amide bonds. The van der Waals surface area contributed by atoms with Gasteiger partial charge in [0.2, 0.25) is 0 Å². The highest BCUT2D eigenvalue weighted by Gasteiger charge is 2.36. The zero-order chi connectivity index (χ0) is 15.2. The van der Waals surface area contributed by atoms with Gasteiger partial charge in [0.15, 0.2) is 5.60 Å². The Labute approximate surface area is 125 Å². The average molecular weight is 289 g/mol. The molecule has 0 spiro atoms. The minimum atomic E-state index is -0.816. The molecule has 0 aliphatic carbocycles. The lowest BCUT2D eigenvalue weighted by Crippen LogP contribution is -2.45. The number of benzene rings is 1. The Morgan fingerprint density at radius 1 is 1.48 bits per heavy atom. The second kappa shape index (κ2) is 5.00. The number of nitrogens with two attached hydrogens (primary N) is 1. The fraction of sp³-hybridized carbons (Fsp3) is 0.562. The van der Waals surface area contributed by atoms with Crippen LogP contribution in [0.2, 0.25) is 0 Å². The van der Waals surface area contributed by atoms with Crippen molar-refractivity contribution in [3.05, 3.63) is 23.8 Å². The highest BCUT2D eigenvalue weighted by Crippen LogP contribution is 2.39. The molecule has 2 atom stereocenters. The number of carbonyl (C=O) groups is 1. The summed E-state index contributed by atoms with van der Waals surface area (Å²) in [7, 11) is 2.12. The van der Waals surface area contributed by atoms with Crippen LogP contribution >= 0.6 is 0 Å². The van der Waals surface area contributed by atoms with Crippen molar-refractivity contribution in [2.45, 2.75) is 31.9 Å². The number of hydrogen-bond donors (Lipinski definition) is 2. The predicted molar refractivity (Wildman–Crippen MR) is 82.3 cm³/mol. The number of rotatable bonds is 2. The van der Waals surface area contributed by atoms with Crippen molar-refractivity contribution in [1.29, 1.82) is 0 Å². The lowest BCUT2D eigenvalue weighted by Gasteiger charge is -2.32. The quantitative estimate of drug-likeness (QED) is 0.870. The van der Waals surface area contributed by atoms with E-state index in [0.717, 1.165) is 30.9 Å². The van der Waals surface area contributed by atoms with Crippen molar-refractivity contribution in [2.75, 3.05) is 25.5 Å². The number of carbonyl (C=O) groups excluding carboxylic acids is 1. The first kappa shape index (κ1) is 14.4. The number of ether oxygens (including phenoxy) is 1. The van der Waals surface area contributed by atoms with Gasteiger partial charge in [-0.15, -0.1) is 0 Å². The third-order valence-electron chi connectivity index (χ3n) is 4.52. The van der Waals surface area contributed by atoms with Gasteiger partial charge < -0.3 is 15.8 Å². The number of anilines is 1. The van der Waals surface area contributed by atoms with Gasteiger partial charge in [0.05, 0.1) is 5.69 Å². The average Bonchev–Trinajstić information content (AvgIpc) is 2.81. The van der Waals surface area contributed by atoms with Crippen LogP contribution < -0.4 is 15.8 Å². The Morgan fingerprint density at radius 3 is 2.90 bits per heavy atom. The Morgan fingerprint density at radius 2 is 2.24 bits per heavy atom. The molecule has 21 heavy (non-hydrogen) atoms. The summed E-state index contributed by atoms with van der Waals surface area (Å²) < 4.78 is 5.77. The molecule has 5 heteroatoms. The number of hydrogen-bond acceptors (Lipinski definition) is 4. The standard InChI is InChI=1S/C16H23N3O2/c1-16(2)15(20)18-12-7-11(4-5-14(12)21-16)13-6-10(8-17)9-19(13)3/h4-5,7,10,13H,6,8-9,17H2,1-3H3,(H,18,20). The molecule has 3 N–H and O–H groups in total. The van der Waals surface area contributed by atoms with E-state index in [1.54, 1.807) is 13.8 Å². The molecular weight excluding hydrogens is 266 g/mol. The third-order valence-corrected chi connectivity index (χ3v) is 4.52. The van der Waals surface area contributed by atoms with Gasteiger partial charge in [0.1, 0.15) is 5.75 Å². The molecule has 0 aromatic heterocycles. The third kappa shape index (κ3) is 2.51. The molecule has 1 aromatic carbocycles. The molecule has 114 valence electrons. The Hall–Kier alpha value is -1.59. The van der Waals surface area contributed by atoms with Gasteiger partial charge in [0.25, 0.3) is 5.91 Å². The lowest BCUT2D eigenvalue weighted by atomic mass is 9.98. The molecule has 3 rings (SSSR count). The van der Waals surface area contributed by atoms with Crippen molar-refractivity contribution in [3.8, 4) is 5.75 Å². The normalized spacial score (nSPS) is 27.9. The molecule has 1 fully saturated rings. The van der Waals surface area contributed by atoms with E-state index in [4.69, 9.17) is 10.5 Å². The van der Waals surface area contributed by atoms with E-state index in [9.17, 15) is 4.79 Å². The largest absolute Gasteiger partial charge is 0.476 e. The summed E-state index contributed by atoms with van der Waals surface area (Å²) in [5.41, 5.74) is 6.95.